The molecule has 0 saturated heterocycles. The molecule has 0 bridgehead atoms. The first kappa shape index (κ1) is 14.4. The van der Waals surface area contributed by atoms with Crippen molar-refractivity contribution in [3.8, 4) is 0 Å². The van der Waals surface area contributed by atoms with Crippen LogP contribution in [0.4, 0.5) is 11.6 Å². The third-order valence-electron chi connectivity index (χ3n) is 3.23. The van der Waals surface area contributed by atoms with Gasteiger partial charge < -0.3 is 15.1 Å². The van der Waals surface area contributed by atoms with Crippen LogP contribution in [0.15, 0.2) is 16.5 Å². The van der Waals surface area contributed by atoms with Crippen molar-refractivity contribution in [1.82, 2.24) is 9.97 Å². The van der Waals surface area contributed by atoms with Crippen LogP contribution in [0.25, 0.3) is 0 Å². The van der Waals surface area contributed by atoms with Gasteiger partial charge in [0.05, 0.1) is 6.54 Å². The zero-order valence-corrected chi connectivity index (χ0v) is 12.6. The van der Waals surface area contributed by atoms with Crippen molar-refractivity contribution in [1.29, 1.82) is 0 Å². The fourth-order valence-electron chi connectivity index (χ4n) is 2.15. The molecule has 20 heavy (non-hydrogen) atoms. The number of aryl methyl sites for hydroxylation is 2. The minimum atomic E-state index is 0.556. The third kappa shape index (κ3) is 3.10. The van der Waals surface area contributed by atoms with Gasteiger partial charge in [0.1, 0.15) is 29.0 Å². The highest BCUT2D eigenvalue weighted by atomic mass is 16.3. The number of nitrogens with zero attached hydrogens (tertiary/aromatic N) is 3. The summed E-state index contributed by atoms with van der Waals surface area (Å²) in [4.78, 5) is 11.0. The summed E-state index contributed by atoms with van der Waals surface area (Å²) in [6.07, 6.45) is 1.84. The molecule has 0 amide bonds. The molecule has 5 nitrogen and oxygen atoms in total. The number of hydrogen-bond acceptors (Lipinski definition) is 5. The Bertz CT molecular complexity index is 592. The van der Waals surface area contributed by atoms with Gasteiger partial charge in [-0.05, 0) is 32.4 Å². The van der Waals surface area contributed by atoms with E-state index in [4.69, 9.17) is 10.2 Å². The standard InChI is InChI=1S/C15H22N4O/c1-5-6-13-17-14(16)11(3)15(18-13)19(4)9-12-8-7-10(2)20-12/h7-8H,5-6,9H2,1-4H3,(H2,16,17,18). The average molecular weight is 274 g/mol. The lowest BCUT2D eigenvalue weighted by Gasteiger charge is -2.20. The second-order valence-corrected chi connectivity index (χ2v) is 5.09. The maximum Gasteiger partial charge on any atom is 0.137 e. The molecule has 5 heteroatoms. The highest BCUT2D eigenvalue weighted by molar-refractivity contribution is 5.56. The number of nitrogen functional groups attached to an aromatic ring is 1. The van der Waals surface area contributed by atoms with E-state index in [1.165, 1.54) is 0 Å². The Hall–Kier alpha value is -2.04. The minimum Gasteiger partial charge on any atom is -0.464 e. The molecule has 2 rings (SSSR count). The predicted molar refractivity (Wildman–Crippen MR) is 80.7 cm³/mol. The van der Waals surface area contributed by atoms with Crippen LogP contribution < -0.4 is 10.6 Å². The molecule has 0 saturated carbocycles. The Labute approximate surface area is 119 Å². The average Bonchev–Trinajstić information content (AvgIpc) is 2.79. The normalized spacial score (nSPS) is 10.8. The van der Waals surface area contributed by atoms with E-state index in [2.05, 4.69) is 16.9 Å². The SMILES string of the molecule is CCCc1nc(N)c(C)c(N(C)Cc2ccc(C)o2)n1. The lowest BCUT2D eigenvalue weighted by molar-refractivity contribution is 0.481. The Kier molecular flexibility index (Phi) is 4.27. The number of nitrogens with two attached hydrogens (primary N) is 1. The van der Waals surface area contributed by atoms with Crippen LogP contribution in [-0.4, -0.2) is 17.0 Å². The van der Waals surface area contributed by atoms with Crippen molar-refractivity contribution >= 4 is 11.6 Å². The highest BCUT2D eigenvalue weighted by Crippen LogP contribution is 2.23. The Balaban J connectivity index is 2.25. The topological polar surface area (TPSA) is 68.2 Å². The smallest absolute Gasteiger partial charge is 0.137 e. The summed E-state index contributed by atoms with van der Waals surface area (Å²) in [5.41, 5.74) is 6.90. The van der Waals surface area contributed by atoms with Crippen molar-refractivity contribution in [3.05, 3.63) is 35.0 Å². The second-order valence-electron chi connectivity index (χ2n) is 5.09. The van der Waals surface area contributed by atoms with Crippen LogP contribution >= 0.6 is 0 Å². The molecule has 0 atom stereocenters. The van der Waals surface area contributed by atoms with Crippen LogP contribution in [0, 0.1) is 13.8 Å². The molecule has 2 N–H and O–H groups in total. The summed E-state index contributed by atoms with van der Waals surface area (Å²) in [5, 5.41) is 0. The lowest BCUT2D eigenvalue weighted by Crippen LogP contribution is -2.20. The molecule has 0 aliphatic heterocycles. The Morgan fingerprint density at radius 3 is 2.60 bits per heavy atom. The molecule has 2 heterocycles. The van der Waals surface area contributed by atoms with Crippen molar-refractivity contribution in [2.24, 2.45) is 0 Å². The lowest BCUT2D eigenvalue weighted by atomic mass is 10.2. The van der Waals surface area contributed by atoms with E-state index in [1.807, 2.05) is 37.9 Å². The van der Waals surface area contributed by atoms with E-state index >= 15 is 0 Å². The maximum atomic E-state index is 5.99. The number of rotatable bonds is 5. The van der Waals surface area contributed by atoms with E-state index in [9.17, 15) is 0 Å². The number of furan rings is 1. The zero-order chi connectivity index (χ0) is 14.7. The molecule has 0 aromatic carbocycles. The van der Waals surface area contributed by atoms with Crippen LogP contribution in [0.2, 0.25) is 0 Å². The first-order valence-corrected chi connectivity index (χ1v) is 6.90. The minimum absolute atomic E-state index is 0.556. The van der Waals surface area contributed by atoms with E-state index < -0.39 is 0 Å². The zero-order valence-electron chi connectivity index (χ0n) is 12.6. The van der Waals surface area contributed by atoms with Crippen molar-refractivity contribution in [3.63, 3.8) is 0 Å². The molecule has 0 fully saturated rings. The predicted octanol–water partition coefficient (Wildman–Crippen LogP) is 2.86. The first-order valence-electron chi connectivity index (χ1n) is 6.90. The summed E-state index contributed by atoms with van der Waals surface area (Å²) >= 11 is 0. The number of aromatic nitrogens is 2. The fraction of sp³-hybridized carbons (Fsp3) is 0.467. The van der Waals surface area contributed by atoms with E-state index in [1.54, 1.807) is 0 Å². The van der Waals surface area contributed by atoms with Gasteiger partial charge in [-0.25, -0.2) is 9.97 Å². The summed E-state index contributed by atoms with van der Waals surface area (Å²) in [6.45, 7) is 6.66. The summed E-state index contributed by atoms with van der Waals surface area (Å²) < 4.78 is 5.61. The Morgan fingerprint density at radius 2 is 2.00 bits per heavy atom. The molecule has 108 valence electrons. The second kappa shape index (κ2) is 5.94. The van der Waals surface area contributed by atoms with Crippen LogP contribution in [-0.2, 0) is 13.0 Å². The van der Waals surface area contributed by atoms with E-state index in [0.29, 0.717) is 12.4 Å². The van der Waals surface area contributed by atoms with Gasteiger partial charge in [-0.1, -0.05) is 6.92 Å². The molecule has 2 aromatic rings. The highest BCUT2D eigenvalue weighted by Gasteiger charge is 2.13. The number of anilines is 2. The molecule has 0 spiro atoms. The third-order valence-corrected chi connectivity index (χ3v) is 3.23. The van der Waals surface area contributed by atoms with Crippen molar-refractivity contribution in [2.45, 2.75) is 40.2 Å². The molecule has 0 aliphatic rings. The molecule has 2 aromatic heterocycles. The van der Waals surface area contributed by atoms with Gasteiger partial charge >= 0.3 is 0 Å². The molecule has 0 unspecified atom stereocenters. The quantitative estimate of drug-likeness (QED) is 0.908. The Morgan fingerprint density at radius 1 is 1.25 bits per heavy atom. The fourth-order valence-corrected chi connectivity index (χ4v) is 2.15. The van der Waals surface area contributed by atoms with E-state index in [-0.39, 0.29) is 0 Å². The van der Waals surface area contributed by atoms with Gasteiger partial charge in [0, 0.05) is 19.0 Å². The van der Waals surface area contributed by atoms with E-state index in [0.717, 1.165) is 41.6 Å². The van der Waals surface area contributed by atoms with Crippen molar-refractivity contribution < 1.29 is 4.42 Å². The van der Waals surface area contributed by atoms with Gasteiger partial charge in [-0.15, -0.1) is 0 Å². The summed E-state index contributed by atoms with van der Waals surface area (Å²) in [7, 11) is 1.99. The van der Waals surface area contributed by atoms with Crippen LogP contribution in [0.3, 0.4) is 0 Å². The van der Waals surface area contributed by atoms with Gasteiger partial charge in [0.2, 0.25) is 0 Å². The largest absolute Gasteiger partial charge is 0.464 e. The summed E-state index contributed by atoms with van der Waals surface area (Å²) in [6, 6.07) is 3.95. The molecular formula is C15H22N4O. The molecule has 0 radical (unpaired) electrons. The monoisotopic (exact) mass is 274 g/mol. The number of hydrogen-bond donors (Lipinski definition) is 1. The van der Waals surface area contributed by atoms with Crippen LogP contribution in [0.1, 0.15) is 36.3 Å². The molecule has 0 aliphatic carbocycles. The van der Waals surface area contributed by atoms with Crippen molar-refractivity contribution in [2.75, 3.05) is 17.7 Å². The molecular weight excluding hydrogens is 252 g/mol. The van der Waals surface area contributed by atoms with Gasteiger partial charge in [-0.3, -0.25) is 0 Å². The van der Waals surface area contributed by atoms with Gasteiger partial charge in [0.25, 0.3) is 0 Å². The van der Waals surface area contributed by atoms with Gasteiger partial charge in [0.15, 0.2) is 0 Å². The van der Waals surface area contributed by atoms with Gasteiger partial charge in [-0.2, -0.15) is 0 Å². The van der Waals surface area contributed by atoms with Crippen LogP contribution in [0.5, 0.6) is 0 Å². The maximum absolute atomic E-state index is 5.99. The summed E-state index contributed by atoms with van der Waals surface area (Å²) in [5.74, 6) is 4.06. The first-order chi connectivity index (χ1) is 9.51.